The summed E-state index contributed by atoms with van der Waals surface area (Å²) in [5.41, 5.74) is 4.46. The number of carbonyl (C=O) groups is 2. The molecule has 2 rings (SSSR count). The maximum atomic E-state index is 12.3. The first-order valence-electron chi connectivity index (χ1n) is 9.44. The summed E-state index contributed by atoms with van der Waals surface area (Å²) in [5.74, 6) is -0.281. The van der Waals surface area contributed by atoms with Crippen LogP contribution in [0.5, 0.6) is 0 Å². The number of aromatic nitrogens is 2. The summed E-state index contributed by atoms with van der Waals surface area (Å²) in [6, 6.07) is 7.62. The van der Waals surface area contributed by atoms with Crippen LogP contribution in [-0.2, 0) is 16.0 Å². The van der Waals surface area contributed by atoms with Gasteiger partial charge in [-0.2, -0.15) is 5.10 Å². The van der Waals surface area contributed by atoms with E-state index in [1.165, 1.54) is 7.11 Å². The number of esters is 1. The van der Waals surface area contributed by atoms with Crippen molar-refractivity contribution in [3.05, 3.63) is 46.8 Å². The van der Waals surface area contributed by atoms with Crippen molar-refractivity contribution >= 4 is 11.9 Å². The monoisotopic (exact) mass is 371 g/mol. The quantitative estimate of drug-likeness (QED) is 0.721. The normalized spacial score (nSPS) is 10.9. The van der Waals surface area contributed by atoms with E-state index in [-0.39, 0.29) is 17.9 Å². The van der Waals surface area contributed by atoms with Crippen LogP contribution in [0, 0.1) is 13.8 Å². The zero-order valence-electron chi connectivity index (χ0n) is 16.8. The van der Waals surface area contributed by atoms with E-state index in [0.29, 0.717) is 18.4 Å². The number of methoxy groups -OCH3 is 1. The first-order chi connectivity index (χ1) is 12.9. The number of hydrogen-bond acceptors (Lipinski definition) is 4. The third-order valence-corrected chi connectivity index (χ3v) is 4.94. The fourth-order valence-electron chi connectivity index (χ4n) is 3.13. The summed E-state index contributed by atoms with van der Waals surface area (Å²) in [5, 5.41) is 7.64. The van der Waals surface area contributed by atoms with Crippen molar-refractivity contribution in [1.29, 1.82) is 0 Å². The summed E-state index contributed by atoms with van der Waals surface area (Å²) in [6.07, 6.45) is 2.76. The first-order valence-corrected chi connectivity index (χ1v) is 9.44. The van der Waals surface area contributed by atoms with Crippen LogP contribution in [0.4, 0.5) is 0 Å². The van der Waals surface area contributed by atoms with E-state index < -0.39 is 0 Å². The van der Waals surface area contributed by atoms with Gasteiger partial charge in [-0.3, -0.25) is 9.59 Å². The SMILES string of the molecule is CCC(CC)NC(=O)c1ccc(-n2nc(C)c(CCC(=O)OC)c2C)cc1. The average molecular weight is 371 g/mol. The summed E-state index contributed by atoms with van der Waals surface area (Å²) in [4.78, 5) is 23.8. The molecule has 6 heteroatoms. The second-order valence-electron chi connectivity index (χ2n) is 6.67. The molecule has 1 heterocycles. The van der Waals surface area contributed by atoms with Gasteiger partial charge in [-0.1, -0.05) is 13.8 Å². The lowest BCUT2D eigenvalue weighted by Gasteiger charge is -2.15. The van der Waals surface area contributed by atoms with Gasteiger partial charge in [0.2, 0.25) is 0 Å². The molecule has 2 aromatic rings. The summed E-state index contributed by atoms with van der Waals surface area (Å²) in [6.45, 7) is 8.06. The van der Waals surface area contributed by atoms with Crippen LogP contribution in [0.3, 0.4) is 0 Å². The Kier molecular flexibility index (Phi) is 7.16. The lowest BCUT2D eigenvalue weighted by atomic mass is 10.1. The molecule has 0 fully saturated rings. The van der Waals surface area contributed by atoms with Gasteiger partial charge in [0.05, 0.1) is 18.5 Å². The van der Waals surface area contributed by atoms with Crippen LogP contribution in [0.15, 0.2) is 24.3 Å². The molecule has 0 radical (unpaired) electrons. The highest BCUT2D eigenvalue weighted by atomic mass is 16.5. The molecule has 0 unspecified atom stereocenters. The molecule has 1 N–H and O–H groups in total. The fourth-order valence-corrected chi connectivity index (χ4v) is 3.13. The Morgan fingerprint density at radius 1 is 1.15 bits per heavy atom. The zero-order chi connectivity index (χ0) is 20.0. The summed E-state index contributed by atoms with van der Waals surface area (Å²) >= 11 is 0. The molecule has 0 aliphatic carbocycles. The minimum absolute atomic E-state index is 0.0533. The van der Waals surface area contributed by atoms with Crippen molar-refractivity contribution in [2.75, 3.05) is 7.11 Å². The highest BCUT2D eigenvalue weighted by Crippen LogP contribution is 2.20. The van der Waals surface area contributed by atoms with Gasteiger partial charge >= 0.3 is 5.97 Å². The second-order valence-corrected chi connectivity index (χ2v) is 6.67. The van der Waals surface area contributed by atoms with Gasteiger partial charge < -0.3 is 10.1 Å². The number of ether oxygens (including phenoxy) is 1. The van der Waals surface area contributed by atoms with Crippen LogP contribution in [-0.4, -0.2) is 34.8 Å². The predicted molar refractivity (Wildman–Crippen MR) is 105 cm³/mol. The van der Waals surface area contributed by atoms with Crippen molar-refractivity contribution in [2.24, 2.45) is 0 Å². The van der Waals surface area contributed by atoms with Crippen molar-refractivity contribution in [2.45, 2.75) is 59.4 Å². The Balaban J connectivity index is 2.17. The number of nitrogens with zero attached hydrogens (tertiary/aromatic N) is 2. The Labute approximate surface area is 160 Å². The van der Waals surface area contributed by atoms with E-state index >= 15 is 0 Å². The van der Waals surface area contributed by atoms with Crippen LogP contribution in [0.25, 0.3) is 5.69 Å². The highest BCUT2D eigenvalue weighted by Gasteiger charge is 2.15. The van der Waals surface area contributed by atoms with Crippen molar-refractivity contribution < 1.29 is 14.3 Å². The van der Waals surface area contributed by atoms with Crippen molar-refractivity contribution in [3.8, 4) is 5.69 Å². The zero-order valence-corrected chi connectivity index (χ0v) is 16.8. The minimum atomic E-state index is -0.227. The fraction of sp³-hybridized carbons (Fsp3) is 0.476. The third kappa shape index (κ3) is 4.96. The Hall–Kier alpha value is -2.63. The van der Waals surface area contributed by atoms with Crippen LogP contribution in [0.2, 0.25) is 0 Å². The van der Waals surface area contributed by atoms with Crippen LogP contribution >= 0.6 is 0 Å². The summed E-state index contributed by atoms with van der Waals surface area (Å²) < 4.78 is 6.57. The molecule has 0 bridgehead atoms. The van der Waals surface area contributed by atoms with Gasteiger partial charge in [0.25, 0.3) is 5.91 Å². The molecule has 1 amide bonds. The molecule has 6 nitrogen and oxygen atoms in total. The van der Waals surface area contributed by atoms with Crippen molar-refractivity contribution in [3.63, 3.8) is 0 Å². The van der Waals surface area contributed by atoms with Gasteiger partial charge in [-0.05, 0) is 62.9 Å². The average Bonchev–Trinajstić information content (AvgIpc) is 2.97. The van der Waals surface area contributed by atoms with Gasteiger partial charge in [-0.25, -0.2) is 4.68 Å². The molecule has 1 aromatic heterocycles. The molecule has 146 valence electrons. The Morgan fingerprint density at radius 3 is 2.33 bits per heavy atom. The van der Waals surface area contributed by atoms with Gasteiger partial charge in [0.1, 0.15) is 0 Å². The maximum absolute atomic E-state index is 12.3. The Bertz CT molecular complexity index is 790. The molecule has 0 aliphatic heterocycles. The van der Waals surface area contributed by atoms with Gasteiger partial charge in [0, 0.05) is 23.7 Å². The maximum Gasteiger partial charge on any atom is 0.305 e. The molecule has 27 heavy (non-hydrogen) atoms. The number of carbonyl (C=O) groups excluding carboxylic acids is 2. The first kappa shape index (κ1) is 20.7. The largest absolute Gasteiger partial charge is 0.469 e. The molecular formula is C21H29N3O3. The van der Waals surface area contributed by atoms with Gasteiger partial charge in [-0.15, -0.1) is 0 Å². The predicted octanol–water partition coefficient (Wildman–Crippen LogP) is 3.51. The Morgan fingerprint density at radius 2 is 1.78 bits per heavy atom. The van der Waals surface area contributed by atoms with E-state index in [2.05, 4.69) is 24.3 Å². The summed E-state index contributed by atoms with van der Waals surface area (Å²) in [7, 11) is 1.40. The molecule has 1 aromatic carbocycles. The molecule has 0 aliphatic rings. The third-order valence-electron chi connectivity index (χ3n) is 4.94. The molecule has 0 atom stereocenters. The van der Waals surface area contributed by atoms with E-state index in [1.54, 1.807) is 0 Å². The molecule has 0 spiro atoms. The second kappa shape index (κ2) is 9.35. The molecule has 0 saturated heterocycles. The van der Waals surface area contributed by atoms with Gasteiger partial charge in [0.15, 0.2) is 0 Å². The van der Waals surface area contributed by atoms with E-state index in [4.69, 9.17) is 4.74 Å². The standard InChI is InChI=1S/C21H29N3O3/c1-6-17(7-2)22-21(26)16-8-10-18(11-9-16)24-15(4)19(14(3)23-24)12-13-20(25)27-5/h8-11,17H,6-7,12-13H2,1-5H3,(H,22,26). The van der Waals surface area contributed by atoms with E-state index in [0.717, 1.165) is 35.5 Å². The molecular weight excluding hydrogens is 342 g/mol. The highest BCUT2D eigenvalue weighted by molar-refractivity contribution is 5.94. The number of nitrogens with one attached hydrogen (secondary N) is 1. The lowest BCUT2D eigenvalue weighted by molar-refractivity contribution is -0.140. The van der Waals surface area contributed by atoms with Crippen molar-refractivity contribution in [1.82, 2.24) is 15.1 Å². The topological polar surface area (TPSA) is 73.2 Å². The van der Waals surface area contributed by atoms with E-state index in [9.17, 15) is 9.59 Å². The smallest absolute Gasteiger partial charge is 0.305 e. The lowest BCUT2D eigenvalue weighted by Crippen LogP contribution is -2.33. The van der Waals surface area contributed by atoms with E-state index in [1.807, 2.05) is 42.8 Å². The van der Waals surface area contributed by atoms with Crippen LogP contribution in [0.1, 0.15) is 60.4 Å². The van der Waals surface area contributed by atoms with Crippen LogP contribution < -0.4 is 5.32 Å². The number of benzene rings is 1. The number of hydrogen-bond donors (Lipinski definition) is 1. The minimum Gasteiger partial charge on any atom is -0.469 e. The number of amides is 1. The molecule has 0 saturated carbocycles. The number of rotatable bonds is 8. The number of aryl methyl sites for hydroxylation is 1.